The van der Waals surface area contributed by atoms with Gasteiger partial charge in [0.25, 0.3) is 0 Å². The summed E-state index contributed by atoms with van der Waals surface area (Å²) in [4.78, 5) is 4.85. The Kier molecular flexibility index (Phi) is 6.80. The number of sulfone groups is 1. The number of aryl methyl sites for hydroxylation is 1. The molecule has 0 amide bonds. The van der Waals surface area contributed by atoms with Crippen LogP contribution in [0.5, 0.6) is 0 Å². The third-order valence-electron chi connectivity index (χ3n) is 6.62. The lowest BCUT2D eigenvalue weighted by molar-refractivity contribution is -0.141. The predicted molar refractivity (Wildman–Crippen MR) is 143 cm³/mol. The fraction of sp³-hybridized carbons (Fsp3) is 0.214. The molecule has 2 aromatic carbocycles. The van der Waals surface area contributed by atoms with E-state index in [1.807, 2.05) is 13.0 Å². The maximum Gasteiger partial charge on any atom is 0.435 e. The number of alkyl halides is 3. The van der Waals surface area contributed by atoms with Crippen molar-refractivity contribution in [3.05, 3.63) is 100 Å². The number of hydrogen-bond acceptors (Lipinski definition) is 5. The lowest BCUT2D eigenvalue weighted by atomic mass is 9.83. The van der Waals surface area contributed by atoms with Crippen molar-refractivity contribution in [2.75, 3.05) is 6.26 Å². The summed E-state index contributed by atoms with van der Waals surface area (Å²) in [5.41, 5.74) is 1.70. The van der Waals surface area contributed by atoms with Gasteiger partial charge in [-0.05, 0) is 42.0 Å². The van der Waals surface area contributed by atoms with Crippen LogP contribution in [0.4, 0.5) is 13.2 Å². The van der Waals surface area contributed by atoms with E-state index in [9.17, 15) is 21.6 Å². The Hall–Kier alpha value is -3.63. The minimum atomic E-state index is -4.61. The molecule has 2 heterocycles. The van der Waals surface area contributed by atoms with E-state index >= 15 is 0 Å². The summed E-state index contributed by atoms with van der Waals surface area (Å²) in [6, 6.07) is 13.1. The SMILES string of the molecule is Cc1nc(-c2ccc(Cl)cc2)c(-c2cc(C3C=CC=C(S(C)(=O)=O)C3C)ccc2-n2ccc(C(F)(F)F)n2)o1. The summed E-state index contributed by atoms with van der Waals surface area (Å²) >= 11 is 6.07. The molecule has 4 aromatic rings. The normalized spacial score (nSPS) is 17.9. The maximum atomic E-state index is 13.4. The summed E-state index contributed by atoms with van der Waals surface area (Å²) in [5.74, 6) is 0.0225. The minimum Gasteiger partial charge on any atom is -0.440 e. The second-order valence-corrected chi connectivity index (χ2v) is 11.8. The average molecular weight is 574 g/mol. The molecule has 2 aromatic heterocycles. The first-order valence-electron chi connectivity index (χ1n) is 11.9. The molecule has 0 aliphatic heterocycles. The zero-order valence-corrected chi connectivity index (χ0v) is 22.6. The number of aromatic nitrogens is 3. The van der Waals surface area contributed by atoms with Crippen LogP contribution in [0.3, 0.4) is 0 Å². The fourth-order valence-electron chi connectivity index (χ4n) is 4.79. The molecule has 0 spiro atoms. The van der Waals surface area contributed by atoms with Crippen LogP contribution in [0.2, 0.25) is 5.02 Å². The van der Waals surface area contributed by atoms with Gasteiger partial charge in [0.1, 0.15) is 5.69 Å². The van der Waals surface area contributed by atoms with Gasteiger partial charge >= 0.3 is 6.18 Å². The van der Waals surface area contributed by atoms with Gasteiger partial charge in [-0.25, -0.2) is 18.1 Å². The lowest BCUT2D eigenvalue weighted by Crippen LogP contribution is -2.18. The van der Waals surface area contributed by atoms with Crippen LogP contribution < -0.4 is 0 Å². The van der Waals surface area contributed by atoms with Gasteiger partial charge in [-0.1, -0.05) is 48.9 Å². The van der Waals surface area contributed by atoms with Crippen molar-refractivity contribution in [1.82, 2.24) is 14.8 Å². The average Bonchev–Trinajstić information content (AvgIpc) is 3.51. The highest BCUT2D eigenvalue weighted by molar-refractivity contribution is 7.94. The lowest BCUT2D eigenvalue weighted by Gasteiger charge is -2.26. The second kappa shape index (κ2) is 9.84. The Bertz CT molecular complexity index is 1720. The van der Waals surface area contributed by atoms with Crippen LogP contribution in [0.15, 0.2) is 82.3 Å². The summed E-state index contributed by atoms with van der Waals surface area (Å²) in [7, 11) is -3.43. The van der Waals surface area contributed by atoms with Crippen molar-refractivity contribution in [2.24, 2.45) is 5.92 Å². The van der Waals surface area contributed by atoms with Crippen molar-refractivity contribution in [2.45, 2.75) is 25.9 Å². The van der Waals surface area contributed by atoms with Crippen molar-refractivity contribution in [3.8, 4) is 28.3 Å². The van der Waals surface area contributed by atoms with Crippen LogP contribution in [0.1, 0.15) is 30.0 Å². The summed E-state index contributed by atoms with van der Waals surface area (Å²) < 4.78 is 72.0. The van der Waals surface area contributed by atoms with E-state index in [0.717, 1.165) is 16.3 Å². The minimum absolute atomic E-state index is 0.305. The monoisotopic (exact) mass is 573 g/mol. The Morgan fingerprint density at radius 3 is 2.44 bits per heavy atom. The first kappa shape index (κ1) is 27.0. The molecule has 11 heteroatoms. The van der Waals surface area contributed by atoms with Crippen molar-refractivity contribution in [3.63, 3.8) is 0 Å². The van der Waals surface area contributed by atoms with E-state index in [2.05, 4.69) is 10.1 Å². The number of allylic oxidation sites excluding steroid dienone is 4. The molecule has 2 unspecified atom stereocenters. The third-order valence-corrected chi connectivity index (χ3v) is 8.24. The Morgan fingerprint density at radius 2 is 1.79 bits per heavy atom. The molecule has 6 nitrogen and oxygen atoms in total. The molecule has 0 N–H and O–H groups in total. The molecule has 0 fully saturated rings. The molecule has 1 aliphatic rings. The zero-order chi connectivity index (χ0) is 28.1. The van der Waals surface area contributed by atoms with Gasteiger partial charge in [-0.2, -0.15) is 18.3 Å². The van der Waals surface area contributed by atoms with E-state index in [1.54, 1.807) is 61.5 Å². The highest BCUT2D eigenvalue weighted by Crippen LogP contribution is 2.42. The van der Waals surface area contributed by atoms with E-state index in [1.165, 1.54) is 12.5 Å². The number of halogens is 4. The molecule has 0 saturated heterocycles. The number of oxazole rings is 1. The molecule has 1 aliphatic carbocycles. The number of hydrogen-bond donors (Lipinski definition) is 0. The van der Waals surface area contributed by atoms with Gasteiger partial charge in [0.2, 0.25) is 0 Å². The molecule has 5 rings (SSSR count). The summed E-state index contributed by atoms with van der Waals surface area (Å²) in [6.45, 7) is 3.51. The maximum absolute atomic E-state index is 13.4. The molecule has 39 heavy (non-hydrogen) atoms. The van der Waals surface area contributed by atoms with Crippen LogP contribution in [0.25, 0.3) is 28.3 Å². The second-order valence-electron chi connectivity index (χ2n) is 9.38. The largest absolute Gasteiger partial charge is 0.440 e. The Morgan fingerprint density at radius 1 is 1.08 bits per heavy atom. The standard InChI is InChI=1S/C28H23ClF3N3O3S/c1-16-21(5-4-6-24(16)39(3,36)37)19-9-12-23(35-14-13-25(34-35)28(30,31)32)22(15-19)27-26(33-17(2)38-27)18-7-10-20(29)11-8-18/h4-16,21H,1-3H3. The van der Waals surface area contributed by atoms with Gasteiger partial charge in [0, 0.05) is 52.3 Å². The molecule has 202 valence electrons. The van der Waals surface area contributed by atoms with Gasteiger partial charge in [-0.15, -0.1) is 0 Å². The smallest absolute Gasteiger partial charge is 0.435 e. The molecule has 0 bridgehead atoms. The predicted octanol–water partition coefficient (Wildman–Crippen LogP) is 7.39. The fourth-order valence-corrected chi connectivity index (χ4v) is 6.07. The van der Waals surface area contributed by atoms with Gasteiger partial charge < -0.3 is 4.42 Å². The molecular weight excluding hydrogens is 551 g/mol. The number of benzene rings is 2. The number of nitrogens with zero attached hydrogens (tertiary/aromatic N) is 3. The van der Waals surface area contributed by atoms with Crippen molar-refractivity contribution < 1.29 is 26.0 Å². The van der Waals surface area contributed by atoms with Crippen LogP contribution in [0, 0.1) is 12.8 Å². The highest BCUT2D eigenvalue weighted by Gasteiger charge is 2.34. The van der Waals surface area contributed by atoms with Gasteiger partial charge in [0.15, 0.2) is 27.2 Å². The first-order chi connectivity index (χ1) is 18.3. The zero-order valence-electron chi connectivity index (χ0n) is 21.1. The van der Waals surface area contributed by atoms with Crippen molar-refractivity contribution in [1.29, 1.82) is 0 Å². The first-order valence-corrected chi connectivity index (χ1v) is 14.2. The molecule has 0 saturated carbocycles. The Labute approximate surface area is 228 Å². The van der Waals surface area contributed by atoms with E-state index in [0.29, 0.717) is 44.1 Å². The quantitative estimate of drug-likeness (QED) is 0.249. The summed E-state index contributed by atoms with van der Waals surface area (Å²) in [6.07, 6.45) is 2.99. The summed E-state index contributed by atoms with van der Waals surface area (Å²) in [5, 5.41) is 4.30. The van der Waals surface area contributed by atoms with Crippen LogP contribution in [-0.4, -0.2) is 29.4 Å². The Balaban J connectivity index is 1.70. The van der Waals surface area contributed by atoms with Gasteiger partial charge in [-0.3, -0.25) is 0 Å². The van der Waals surface area contributed by atoms with E-state index in [4.69, 9.17) is 16.0 Å². The van der Waals surface area contributed by atoms with E-state index < -0.39 is 21.7 Å². The van der Waals surface area contributed by atoms with Crippen molar-refractivity contribution >= 4 is 21.4 Å². The topological polar surface area (TPSA) is 78.0 Å². The molecular formula is C28H23ClF3N3O3S. The third kappa shape index (κ3) is 5.31. The van der Waals surface area contributed by atoms with Crippen LogP contribution >= 0.6 is 11.6 Å². The molecule has 0 radical (unpaired) electrons. The highest BCUT2D eigenvalue weighted by atomic mass is 35.5. The number of rotatable bonds is 5. The van der Waals surface area contributed by atoms with Crippen LogP contribution in [-0.2, 0) is 16.0 Å². The molecule has 2 atom stereocenters. The van der Waals surface area contributed by atoms with Gasteiger partial charge in [0.05, 0.1) is 5.69 Å². The van der Waals surface area contributed by atoms with E-state index in [-0.39, 0.29) is 11.8 Å².